The Morgan fingerprint density at radius 1 is 1.17 bits per heavy atom. The number of allylic oxidation sites excluding steroid dienone is 2. The molecular formula is C29H47NO5. The Bertz CT molecular complexity index is 775. The Balaban J connectivity index is 1.55. The summed E-state index contributed by atoms with van der Waals surface area (Å²) in [5, 5.41) is 22.4. The van der Waals surface area contributed by atoms with Gasteiger partial charge in [0.2, 0.25) is 5.91 Å². The summed E-state index contributed by atoms with van der Waals surface area (Å²) in [6.07, 6.45) is 14.9. The third-order valence-electron chi connectivity index (χ3n) is 8.75. The van der Waals surface area contributed by atoms with Crippen molar-refractivity contribution in [3.8, 4) is 0 Å². The monoisotopic (exact) mass is 489 g/mol. The van der Waals surface area contributed by atoms with E-state index in [-0.39, 0.29) is 29.8 Å². The van der Waals surface area contributed by atoms with E-state index < -0.39 is 5.60 Å². The molecule has 4 rings (SSSR count). The van der Waals surface area contributed by atoms with Crippen molar-refractivity contribution < 1.29 is 24.5 Å². The molecule has 0 aromatic carbocycles. The van der Waals surface area contributed by atoms with Crippen LogP contribution in [-0.2, 0) is 14.3 Å². The average Bonchev–Trinajstić information content (AvgIpc) is 3.59. The lowest BCUT2D eigenvalue weighted by Crippen LogP contribution is -2.52. The number of aliphatic hydroxyl groups excluding tert-OH is 1. The third-order valence-corrected chi connectivity index (χ3v) is 8.75. The summed E-state index contributed by atoms with van der Waals surface area (Å²) in [5.41, 5.74) is -0.0813. The summed E-state index contributed by atoms with van der Waals surface area (Å²) in [5.74, 6) is 2.09. The number of carbonyl (C=O) groups is 1. The van der Waals surface area contributed by atoms with Crippen molar-refractivity contribution in [2.45, 2.75) is 95.7 Å². The molecule has 1 heterocycles. The van der Waals surface area contributed by atoms with Crippen molar-refractivity contribution in [3.05, 3.63) is 23.5 Å². The van der Waals surface area contributed by atoms with Crippen molar-refractivity contribution in [3.63, 3.8) is 0 Å². The van der Waals surface area contributed by atoms with E-state index in [1.165, 1.54) is 12.8 Å². The Morgan fingerprint density at radius 2 is 2.00 bits per heavy atom. The highest BCUT2D eigenvalue weighted by Gasteiger charge is 2.45. The molecule has 1 saturated heterocycles. The molecule has 2 N–H and O–H groups in total. The van der Waals surface area contributed by atoms with Gasteiger partial charge in [0.25, 0.3) is 0 Å². The van der Waals surface area contributed by atoms with Gasteiger partial charge in [-0.25, -0.2) is 0 Å². The van der Waals surface area contributed by atoms with E-state index in [1.807, 2.05) is 4.90 Å². The average molecular weight is 490 g/mol. The third kappa shape index (κ3) is 6.69. The second-order valence-electron chi connectivity index (χ2n) is 11.6. The summed E-state index contributed by atoms with van der Waals surface area (Å²) in [4.78, 5) is 15.3. The minimum absolute atomic E-state index is 0.0268. The quantitative estimate of drug-likeness (QED) is 0.392. The second-order valence-corrected chi connectivity index (χ2v) is 11.6. The summed E-state index contributed by atoms with van der Waals surface area (Å²) >= 11 is 0. The maximum absolute atomic E-state index is 13.3. The molecule has 1 amide bonds. The molecule has 4 aliphatic rings. The normalized spacial score (nSPS) is 31.0. The Kier molecular flexibility index (Phi) is 9.34. The van der Waals surface area contributed by atoms with Crippen LogP contribution in [-0.4, -0.2) is 66.1 Å². The molecule has 0 radical (unpaired) electrons. The number of unbranched alkanes of at least 4 members (excludes halogenated alkanes) is 1. The highest BCUT2D eigenvalue weighted by molar-refractivity contribution is 5.79. The molecule has 5 atom stereocenters. The first-order valence-electron chi connectivity index (χ1n) is 14.1. The van der Waals surface area contributed by atoms with E-state index in [9.17, 15) is 15.0 Å². The van der Waals surface area contributed by atoms with Crippen LogP contribution in [0.15, 0.2) is 23.5 Å². The summed E-state index contributed by atoms with van der Waals surface area (Å²) in [7, 11) is 1.72. The number of hydrogen-bond donors (Lipinski definition) is 2. The lowest BCUT2D eigenvalue weighted by atomic mass is 9.71. The maximum Gasteiger partial charge on any atom is 0.225 e. The van der Waals surface area contributed by atoms with Crippen LogP contribution in [0.4, 0.5) is 0 Å². The predicted molar refractivity (Wildman–Crippen MR) is 137 cm³/mol. The number of methoxy groups -OCH3 is 1. The Hall–Kier alpha value is -1.37. The van der Waals surface area contributed by atoms with Gasteiger partial charge in [0.1, 0.15) is 5.76 Å². The Labute approximate surface area is 211 Å². The highest BCUT2D eigenvalue weighted by Crippen LogP contribution is 2.43. The van der Waals surface area contributed by atoms with Crippen LogP contribution in [0.5, 0.6) is 0 Å². The molecule has 0 spiro atoms. The van der Waals surface area contributed by atoms with Crippen molar-refractivity contribution in [1.29, 1.82) is 0 Å². The molecule has 3 aliphatic carbocycles. The number of nitrogens with zero attached hydrogens (tertiary/aromatic N) is 1. The van der Waals surface area contributed by atoms with E-state index in [1.54, 1.807) is 7.11 Å². The van der Waals surface area contributed by atoms with Gasteiger partial charge in [0.05, 0.1) is 18.3 Å². The molecule has 6 heteroatoms. The molecule has 35 heavy (non-hydrogen) atoms. The summed E-state index contributed by atoms with van der Waals surface area (Å²) in [6.45, 7) is 4.93. The van der Waals surface area contributed by atoms with Gasteiger partial charge in [-0.15, -0.1) is 0 Å². The van der Waals surface area contributed by atoms with Gasteiger partial charge in [-0.1, -0.05) is 31.9 Å². The van der Waals surface area contributed by atoms with Gasteiger partial charge < -0.3 is 24.6 Å². The second kappa shape index (κ2) is 12.2. The summed E-state index contributed by atoms with van der Waals surface area (Å²) in [6, 6.07) is 0. The molecule has 6 nitrogen and oxygen atoms in total. The largest absolute Gasteiger partial charge is 0.497 e. The number of amides is 1. The number of carbonyl (C=O) groups excluding carboxylic acids is 1. The van der Waals surface area contributed by atoms with Crippen LogP contribution in [0.3, 0.4) is 0 Å². The van der Waals surface area contributed by atoms with Crippen molar-refractivity contribution >= 4 is 5.91 Å². The summed E-state index contributed by atoms with van der Waals surface area (Å²) < 4.78 is 11.7. The van der Waals surface area contributed by atoms with Crippen molar-refractivity contribution in [1.82, 2.24) is 4.90 Å². The smallest absolute Gasteiger partial charge is 0.225 e. The van der Waals surface area contributed by atoms with Gasteiger partial charge in [-0.2, -0.15) is 0 Å². The molecule has 0 aromatic heterocycles. The number of rotatable bonds is 12. The van der Waals surface area contributed by atoms with Crippen LogP contribution in [0.2, 0.25) is 0 Å². The van der Waals surface area contributed by atoms with Gasteiger partial charge in [0.15, 0.2) is 0 Å². The first-order chi connectivity index (χ1) is 16.9. The van der Waals surface area contributed by atoms with Crippen molar-refractivity contribution in [2.24, 2.45) is 23.7 Å². The molecule has 198 valence electrons. The minimum atomic E-state index is -1.03. The van der Waals surface area contributed by atoms with E-state index in [2.05, 4.69) is 19.1 Å². The fourth-order valence-electron chi connectivity index (χ4n) is 6.37. The molecule has 1 unspecified atom stereocenters. The number of hydrogen-bond acceptors (Lipinski definition) is 5. The van der Waals surface area contributed by atoms with Crippen LogP contribution >= 0.6 is 0 Å². The molecule has 1 aliphatic heterocycles. The predicted octanol–water partition coefficient (Wildman–Crippen LogP) is 4.60. The van der Waals surface area contributed by atoms with Gasteiger partial charge in [-0.05, 0) is 70.1 Å². The van der Waals surface area contributed by atoms with Gasteiger partial charge >= 0.3 is 0 Å². The number of likely N-dealkylation sites (tertiary alicyclic amines) is 1. The molecule has 0 bridgehead atoms. The lowest BCUT2D eigenvalue weighted by Gasteiger charge is -2.45. The fourth-order valence-corrected chi connectivity index (χ4v) is 6.37. The van der Waals surface area contributed by atoms with Crippen LogP contribution in [0.1, 0.15) is 84.0 Å². The van der Waals surface area contributed by atoms with Crippen LogP contribution < -0.4 is 0 Å². The van der Waals surface area contributed by atoms with Crippen molar-refractivity contribution in [2.75, 3.05) is 33.4 Å². The van der Waals surface area contributed by atoms with Crippen LogP contribution in [0, 0.1) is 23.7 Å². The maximum atomic E-state index is 13.3. The van der Waals surface area contributed by atoms with Gasteiger partial charge in [-0.3, -0.25) is 4.79 Å². The fraction of sp³-hybridized carbons (Fsp3) is 0.828. The van der Waals surface area contributed by atoms with Crippen LogP contribution in [0.25, 0.3) is 0 Å². The topological polar surface area (TPSA) is 79.2 Å². The van der Waals surface area contributed by atoms with E-state index in [0.717, 1.165) is 75.3 Å². The number of piperidine rings is 1. The first kappa shape index (κ1) is 26.7. The number of aliphatic hydroxyl groups is 2. The molecule has 2 saturated carbocycles. The van der Waals surface area contributed by atoms with Gasteiger partial charge in [0, 0.05) is 50.1 Å². The highest BCUT2D eigenvalue weighted by atomic mass is 16.5. The van der Waals surface area contributed by atoms with E-state index in [0.29, 0.717) is 32.4 Å². The zero-order valence-electron chi connectivity index (χ0n) is 21.9. The van der Waals surface area contributed by atoms with E-state index >= 15 is 0 Å². The zero-order valence-corrected chi connectivity index (χ0v) is 21.9. The standard InChI is InChI=1S/C29H47NO5/c1-21-7-5-9-26(27(21)35-18-14-22-10-11-22)29(33,15-3-4-17-34-2)24-8-6-16-30(20-24)28(32)23-12-13-25(31)19-23/h5,9,21-25,31,33H,3-4,6-8,10-20H2,1-2H3/t21?,23-,24+,25-,29-/m0/s1. The molecular weight excluding hydrogens is 442 g/mol. The molecule has 3 fully saturated rings. The lowest BCUT2D eigenvalue weighted by molar-refractivity contribution is -0.139. The first-order valence-corrected chi connectivity index (χ1v) is 14.1. The Morgan fingerprint density at radius 3 is 2.71 bits per heavy atom. The molecule has 0 aromatic rings. The SMILES string of the molecule is COCCCC[C@@](O)(C1=C(OCCC2CC2)C(C)CC=C1)[C@@H]1CCCN(C(=O)[C@H]2CC[C@H](O)C2)C1. The minimum Gasteiger partial charge on any atom is -0.497 e. The number of ether oxygens (including phenoxy) is 2. The zero-order chi connectivity index (χ0) is 24.8. The van der Waals surface area contributed by atoms with E-state index in [4.69, 9.17) is 9.47 Å².